The molecule has 0 saturated carbocycles. The van der Waals surface area contributed by atoms with Gasteiger partial charge in [-0.2, -0.15) is 0 Å². The van der Waals surface area contributed by atoms with E-state index in [2.05, 4.69) is 57.8 Å². The van der Waals surface area contributed by atoms with Gasteiger partial charge in [0.15, 0.2) is 0 Å². The molecule has 3 heteroatoms. The van der Waals surface area contributed by atoms with Crippen molar-refractivity contribution >= 4 is 26.2 Å². The van der Waals surface area contributed by atoms with E-state index in [9.17, 15) is 0 Å². The monoisotopic (exact) mass is 385 g/mol. The van der Waals surface area contributed by atoms with Gasteiger partial charge >= 0.3 is 0 Å². The third-order valence-electron chi connectivity index (χ3n) is 4.15. The van der Waals surface area contributed by atoms with Gasteiger partial charge in [0.25, 0.3) is 0 Å². The summed E-state index contributed by atoms with van der Waals surface area (Å²) in [5.74, 6) is 0. The van der Waals surface area contributed by atoms with Crippen molar-refractivity contribution in [2.45, 2.75) is 11.2 Å². The molecule has 2 atom stereocenters. The van der Waals surface area contributed by atoms with Crippen LogP contribution in [0.25, 0.3) is 0 Å². The highest BCUT2D eigenvalue weighted by Gasteiger charge is 2.36. The van der Waals surface area contributed by atoms with E-state index in [-0.39, 0.29) is 22.6 Å². The second-order valence-corrected chi connectivity index (χ2v) is 6.16. The maximum absolute atomic E-state index is 7.00. The largest absolute Gasteiger partial charge is 0.317 e. The van der Waals surface area contributed by atoms with Crippen molar-refractivity contribution < 1.29 is 0 Å². The van der Waals surface area contributed by atoms with Crippen LogP contribution in [-0.4, -0.2) is 0 Å². The summed E-state index contributed by atoms with van der Waals surface area (Å²) in [6.45, 7) is 0. The molecule has 0 amide bonds. The second kappa shape index (κ2) is 7.88. The lowest BCUT2D eigenvalue weighted by Gasteiger charge is -2.37. The SMILES string of the molecule is Br.NC(c1ccccc1)(c1ccccc1)C(P)c1ccccc1. The molecule has 1 nitrogen and oxygen atoms in total. The van der Waals surface area contributed by atoms with Gasteiger partial charge in [-0.15, -0.1) is 26.2 Å². The summed E-state index contributed by atoms with van der Waals surface area (Å²) in [4.78, 5) is 0. The molecule has 0 heterocycles. The fourth-order valence-electron chi connectivity index (χ4n) is 2.88. The quantitative estimate of drug-likeness (QED) is 0.622. The normalized spacial score (nSPS) is 12.3. The summed E-state index contributed by atoms with van der Waals surface area (Å²) in [6.07, 6.45) is 0. The molecule has 0 bridgehead atoms. The molecule has 2 unspecified atom stereocenters. The van der Waals surface area contributed by atoms with Crippen LogP contribution in [0.15, 0.2) is 91.0 Å². The first-order chi connectivity index (χ1) is 10.7. The number of hydrogen-bond donors (Lipinski definition) is 1. The van der Waals surface area contributed by atoms with Crippen molar-refractivity contribution in [3.63, 3.8) is 0 Å². The Balaban J connectivity index is 0.00000192. The highest BCUT2D eigenvalue weighted by molar-refractivity contribution is 8.93. The molecule has 3 aromatic carbocycles. The van der Waals surface area contributed by atoms with Crippen LogP contribution in [0.5, 0.6) is 0 Å². The summed E-state index contributed by atoms with van der Waals surface area (Å²) < 4.78 is 0. The maximum Gasteiger partial charge on any atom is 0.0770 e. The Labute approximate surface area is 150 Å². The topological polar surface area (TPSA) is 26.0 Å². The van der Waals surface area contributed by atoms with Crippen molar-refractivity contribution in [1.29, 1.82) is 0 Å². The Morgan fingerprint density at radius 2 is 1.00 bits per heavy atom. The molecule has 3 rings (SSSR count). The summed E-state index contributed by atoms with van der Waals surface area (Å²) in [5, 5.41) is 0. The zero-order chi connectivity index (χ0) is 15.4. The standard InChI is InChI=1S/C20H20NP.BrH/c21-20(17-12-6-2-7-13-17,18-14-8-3-9-15-18)19(22)16-10-4-1-5-11-16;/h1-15,19H,21-22H2;1H. The molecule has 3 aromatic rings. The van der Waals surface area contributed by atoms with Gasteiger partial charge in [-0.25, -0.2) is 0 Å². The Morgan fingerprint density at radius 3 is 1.39 bits per heavy atom. The average molecular weight is 386 g/mol. The molecule has 2 N–H and O–H groups in total. The van der Waals surface area contributed by atoms with E-state index in [0.717, 1.165) is 11.1 Å². The first kappa shape index (κ1) is 17.9. The van der Waals surface area contributed by atoms with Crippen molar-refractivity contribution in [1.82, 2.24) is 0 Å². The molecule has 0 saturated heterocycles. The number of nitrogens with two attached hydrogens (primary N) is 1. The molecule has 118 valence electrons. The first-order valence-corrected chi connectivity index (χ1v) is 8.10. The summed E-state index contributed by atoms with van der Waals surface area (Å²) in [5.41, 5.74) is 9.93. The minimum atomic E-state index is -0.589. The van der Waals surface area contributed by atoms with Gasteiger partial charge < -0.3 is 5.73 Å². The van der Waals surface area contributed by atoms with E-state index in [4.69, 9.17) is 5.73 Å². The van der Waals surface area contributed by atoms with E-state index in [1.165, 1.54) is 5.56 Å². The Bertz CT molecular complexity index is 677. The average Bonchev–Trinajstić information content (AvgIpc) is 2.62. The highest BCUT2D eigenvalue weighted by Crippen LogP contribution is 2.44. The predicted molar refractivity (Wildman–Crippen MR) is 107 cm³/mol. The summed E-state index contributed by atoms with van der Waals surface area (Å²) >= 11 is 0. The third-order valence-corrected chi connectivity index (χ3v) is 5.06. The van der Waals surface area contributed by atoms with E-state index >= 15 is 0 Å². The molecule has 0 spiro atoms. The van der Waals surface area contributed by atoms with Gasteiger partial charge in [0.1, 0.15) is 0 Å². The van der Waals surface area contributed by atoms with Gasteiger partial charge in [0.05, 0.1) is 5.54 Å². The highest BCUT2D eigenvalue weighted by atomic mass is 79.9. The van der Waals surface area contributed by atoms with Crippen molar-refractivity contribution in [3.05, 3.63) is 108 Å². The fraction of sp³-hybridized carbons (Fsp3) is 0.100. The molecule has 0 aliphatic carbocycles. The Hall–Kier alpha value is -1.47. The number of benzene rings is 3. The van der Waals surface area contributed by atoms with Crippen LogP contribution < -0.4 is 5.73 Å². The third kappa shape index (κ3) is 3.55. The number of halogens is 1. The lowest BCUT2D eigenvalue weighted by Crippen LogP contribution is -2.41. The summed E-state index contributed by atoms with van der Waals surface area (Å²) in [7, 11) is 2.94. The second-order valence-electron chi connectivity index (χ2n) is 5.49. The zero-order valence-corrected chi connectivity index (χ0v) is 15.7. The molecule has 23 heavy (non-hydrogen) atoms. The predicted octanol–water partition coefficient (Wildman–Crippen LogP) is 5.08. The Morgan fingerprint density at radius 1 is 0.652 bits per heavy atom. The molecule has 0 aliphatic rings. The van der Waals surface area contributed by atoms with Crippen LogP contribution in [0.4, 0.5) is 0 Å². The molecular weight excluding hydrogens is 365 g/mol. The van der Waals surface area contributed by atoms with E-state index in [1.807, 2.05) is 42.5 Å². The molecule has 0 radical (unpaired) electrons. The Kier molecular flexibility index (Phi) is 6.12. The number of rotatable bonds is 4. The van der Waals surface area contributed by atoms with Crippen LogP contribution in [0.1, 0.15) is 22.3 Å². The van der Waals surface area contributed by atoms with Gasteiger partial charge in [0, 0.05) is 5.66 Å². The van der Waals surface area contributed by atoms with E-state index in [1.54, 1.807) is 0 Å². The zero-order valence-electron chi connectivity index (χ0n) is 12.8. The van der Waals surface area contributed by atoms with E-state index in [0.29, 0.717) is 0 Å². The van der Waals surface area contributed by atoms with Crippen LogP contribution in [-0.2, 0) is 5.54 Å². The summed E-state index contributed by atoms with van der Waals surface area (Å²) in [6, 6.07) is 31.0. The van der Waals surface area contributed by atoms with Gasteiger partial charge in [-0.1, -0.05) is 91.0 Å². The van der Waals surface area contributed by atoms with Gasteiger partial charge in [0.2, 0.25) is 0 Å². The van der Waals surface area contributed by atoms with Crippen LogP contribution >= 0.6 is 26.2 Å². The minimum absolute atomic E-state index is 0. The van der Waals surface area contributed by atoms with Crippen LogP contribution in [0.3, 0.4) is 0 Å². The van der Waals surface area contributed by atoms with Crippen LogP contribution in [0.2, 0.25) is 0 Å². The molecule has 0 aliphatic heterocycles. The molecule has 0 aromatic heterocycles. The van der Waals surface area contributed by atoms with Crippen molar-refractivity contribution in [2.24, 2.45) is 5.73 Å². The van der Waals surface area contributed by atoms with Crippen molar-refractivity contribution in [3.8, 4) is 0 Å². The number of hydrogen-bond acceptors (Lipinski definition) is 1. The first-order valence-electron chi connectivity index (χ1n) is 7.43. The maximum atomic E-state index is 7.00. The van der Waals surface area contributed by atoms with Crippen LogP contribution in [0, 0.1) is 0 Å². The smallest absolute Gasteiger partial charge is 0.0770 e. The van der Waals surface area contributed by atoms with Gasteiger partial charge in [-0.3, -0.25) is 0 Å². The minimum Gasteiger partial charge on any atom is -0.317 e. The fourth-order valence-corrected chi connectivity index (χ4v) is 3.48. The lowest BCUT2D eigenvalue weighted by molar-refractivity contribution is 0.523. The molecular formula is C20H21BrNP. The lowest BCUT2D eigenvalue weighted by atomic mass is 9.78. The van der Waals surface area contributed by atoms with Gasteiger partial charge in [-0.05, 0) is 16.7 Å². The molecule has 0 fully saturated rings. The van der Waals surface area contributed by atoms with E-state index < -0.39 is 5.54 Å². The van der Waals surface area contributed by atoms with Crippen molar-refractivity contribution in [2.75, 3.05) is 0 Å².